The molecular weight excluding hydrogens is 272 g/mol. The summed E-state index contributed by atoms with van der Waals surface area (Å²) in [4.78, 5) is 23.8. The Balaban J connectivity index is 2.04. The lowest BCUT2D eigenvalue weighted by Gasteiger charge is -2.23. The second-order valence-electron chi connectivity index (χ2n) is 5.02. The Kier molecular flexibility index (Phi) is 5.30. The number of benzene rings is 1. The third-order valence-corrected chi connectivity index (χ3v) is 3.28. The fourth-order valence-corrected chi connectivity index (χ4v) is 2.22. The number of amides is 1. The van der Waals surface area contributed by atoms with Crippen LogP contribution in [0.5, 0.6) is 0 Å². The summed E-state index contributed by atoms with van der Waals surface area (Å²) in [5.74, 6) is -0.625. The van der Waals surface area contributed by atoms with Gasteiger partial charge < -0.3 is 20.1 Å². The molecular formula is C15H20N2O4. The number of aryl methyl sites for hydroxylation is 1. The standard InChI is InChI=1S/C15H20N2O4/c1-10-3-4-13(12(7-10)15(19)20-2)17-14(18)8-11-9-21-6-5-16-11/h3-4,7,11,16H,5-6,8-9H2,1-2H3,(H,17,18). The van der Waals surface area contributed by atoms with Crippen molar-refractivity contribution >= 4 is 17.6 Å². The molecule has 1 aromatic rings. The number of morpholine rings is 1. The lowest BCUT2D eigenvalue weighted by atomic mass is 10.1. The summed E-state index contributed by atoms with van der Waals surface area (Å²) in [6.45, 7) is 3.81. The first kappa shape index (κ1) is 15.5. The van der Waals surface area contributed by atoms with Crippen LogP contribution >= 0.6 is 0 Å². The van der Waals surface area contributed by atoms with Crippen molar-refractivity contribution < 1.29 is 19.1 Å². The van der Waals surface area contributed by atoms with Crippen LogP contribution in [0.3, 0.4) is 0 Å². The zero-order valence-electron chi connectivity index (χ0n) is 12.3. The van der Waals surface area contributed by atoms with Crippen molar-refractivity contribution in [1.29, 1.82) is 0 Å². The van der Waals surface area contributed by atoms with Crippen molar-refractivity contribution in [2.75, 3.05) is 32.2 Å². The van der Waals surface area contributed by atoms with Crippen LogP contribution in [0, 0.1) is 6.92 Å². The van der Waals surface area contributed by atoms with Crippen LogP contribution < -0.4 is 10.6 Å². The van der Waals surface area contributed by atoms with Crippen molar-refractivity contribution in [3.8, 4) is 0 Å². The molecule has 1 aromatic carbocycles. The highest BCUT2D eigenvalue weighted by molar-refractivity contribution is 6.01. The summed E-state index contributed by atoms with van der Waals surface area (Å²) < 4.78 is 10.1. The van der Waals surface area contributed by atoms with Gasteiger partial charge in [0, 0.05) is 19.0 Å². The van der Waals surface area contributed by atoms with E-state index in [1.807, 2.05) is 13.0 Å². The van der Waals surface area contributed by atoms with Gasteiger partial charge in [0.15, 0.2) is 0 Å². The molecule has 6 heteroatoms. The van der Waals surface area contributed by atoms with E-state index in [0.29, 0.717) is 30.9 Å². The largest absolute Gasteiger partial charge is 0.465 e. The van der Waals surface area contributed by atoms with Gasteiger partial charge in [0.25, 0.3) is 0 Å². The summed E-state index contributed by atoms with van der Waals surface area (Å²) in [5, 5.41) is 5.98. The van der Waals surface area contributed by atoms with Gasteiger partial charge in [-0.3, -0.25) is 4.79 Å². The quantitative estimate of drug-likeness (QED) is 0.813. The van der Waals surface area contributed by atoms with E-state index < -0.39 is 5.97 Å². The predicted octanol–water partition coefficient (Wildman–Crippen LogP) is 1.10. The number of hydrogen-bond acceptors (Lipinski definition) is 5. The molecule has 2 rings (SSSR count). The molecule has 1 fully saturated rings. The molecule has 2 N–H and O–H groups in total. The molecule has 114 valence electrons. The second kappa shape index (κ2) is 7.19. The third-order valence-electron chi connectivity index (χ3n) is 3.28. The molecule has 1 unspecified atom stereocenters. The molecule has 1 heterocycles. The predicted molar refractivity (Wildman–Crippen MR) is 78.4 cm³/mol. The lowest BCUT2D eigenvalue weighted by molar-refractivity contribution is -0.117. The van der Waals surface area contributed by atoms with Gasteiger partial charge in [0.2, 0.25) is 5.91 Å². The molecule has 0 spiro atoms. The summed E-state index contributed by atoms with van der Waals surface area (Å²) in [5.41, 5.74) is 1.75. The molecule has 0 aromatic heterocycles. The minimum absolute atomic E-state index is 0.00535. The van der Waals surface area contributed by atoms with Crippen LogP contribution in [0.15, 0.2) is 18.2 Å². The lowest BCUT2D eigenvalue weighted by Crippen LogP contribution is -2.43. The number of esters is 1. The van der Waals surface area contributed by atoms with Gasteiger partial charge in [-0.1, -0.05) is 11.6 Å². The molecule has 0 aliphatic carbocycles. The Morgan fingerprint density at radius 2 is 2.29 bits per heavy atom. The first-order valence-corrected chi connectivity index (χ1v) is 6.90. The topological polar surface area (TPSA) is 76.7 Å². The fourth-order valence-electron chi connectivity index (χ4n) is 2.22. The van der Waals surface area contributed by atoms with E-state index in [2.05, 4.69) is 10.6 Å². The van der Waals surface area contributed by atoms with Gasteiger partial charge in [0.05, 0.1) is 31.6 Å². The summed E-state index contributed by atoms with van der Waals surface area (Å²) in [7, 11) is 1.32. The molecule has 0 radical (unpaired) electrons. The highest BCUT2D eigenvalue weighted by Crippen LogP contribution is 2.19. The van der Waals surface area contributed by atoms with Crippen molar-refractivity contribution in [2.24, 2.45) is 0 Å². The van der Waals surface area contributed by atoms with Crippen molar-refractivity contribution in [3.05, 3.63) is 29.3 Å². The third kappa shape index (κ3) is 4.27. The van der Waals surface area contributed by atoms with Crippen molar-refractivity contribution in [2.45, 2.75) is 19.4 Å². The van der Waals surface area contributed by atoms with Crippen LogP contribution in [0.25, 0.3) is 0 Å². The minimum Gasteiger partial charge on any atom is -0.465 e. The Morgan fingerprint density at radius 1 is 1.48 bits per heavy atom. The van der Waals surface area contributed by atoms with Crippen molar-refractivity contribution in [3.63, 3.8) is 0 Å². The number of carbonyl (C=O) groups excluding carboxylic acids is 2. The zero-order valence-corrected chi connectivity index (χ0v) is 12.3. The van der Waals surface area contributed by atoms with Gasteiger partial charge >= 0.3 is 5.97 Å². The van der Waals surface area contributed by atoms with E-state index in [-0.39, 0.29) is 11.9 Å². The van der Waals surface area contributed by atoms with Gasteiger partial charge in [-0.15, -0.1) is 0 Å². The van der Waals surface area contributed by atoms with E-state index in [9.17, 15) is 9.59 Å². The molecule has 0 saturated carbocycles. The first-order valence-electron chi connectivity index (χ1n) is 6.90. The average molecular weight is 292 g/mol. The molecule has 1 aliphatic rings. The van der Waals surface area contributed by atoms with Crippen LogP contribution in [-0.2, 0) is 14.3 Å². The molecule has 21 heavy (non-hydrogen) atoms. The van der Waals surface area contributed by atoms with Crippen LogP contribution in [-0.4, -0.2) is 44.8 Å². The van der Waals surface area contributed by atoms with Crippen molar-refractivity contribution in [1.82, 2.24) is 5.32 Å². The SMILES string of the molecule is COC(=O)c1cc(C)ccc1NC(=O)CC1COCCN1. The van der Waals surface area contributed by atoms with Crippen LogP contribution in [0.4, 0.5) is 5.69 Å². The molecule has 6 nitrogen and oxygen atoms in total. The maximum absolute atomic E-state index is 12.1. The zero-order chi connectivity index (χ0) is 15.2. The molecule has 1 amide bonds. The number of methoxy groups -OCH3 is 1. The van der Waals surface area contributed by atoms with Gasteiger partial charge in [-0.25, -0.2) is 4.79 Å². The van der Waals surface area contributed by atoms with E-state index in [1.165, 1.54) is 7.11 Å². The molecule has 0 bridgehead atoms. The fraction of sp³-hybridized carbons (Fsp3) is 0.467. The van der Waals surface area contributed by atoms with E-state index in [0.717, 1.165) is 12.1 Å². The Morgan fingerprint density at radius 3 is 2.95 bits per heavy atom. The van der Waals surface area contributed by atoms with Gasteiger partial charge in [0.1, 0.15) is 0 Å². The van der Waals surface area contributed by atoms with E-state index >= 15 is 0 Å². The normalized spacial score (nSPS) is 18.1. The molecule has 1 saturated heterocycles. The highest BCUT2D eigenvalue weighted by atomic mass is 16.5. The van der Waals surface area contributed by atoms with Gasteiger partial charge in [-0.05, 0) is 19.1 Å². The average Bonchev–Trinajstić information content (AvgIpc) is 2.49. The number of ether oxygens (including phenoxy) is 2. The molecule has 1 aliphatic heterocycles. The summed E-state index contributed by atoms with van der Waals surface area (Å²) in [6, 6.07) is 5.25. The Bertz CT molecular complexity index is 524. The summed E-state index contributed by atoms with van der Waals surface area (Å²) >= 11 is 0. The maximum atomic E-state index is 12.1. The number of rotatable bonds is 4. The van der Waals surface area contributed by atoms with E-state index in [1.54, 1.807) is 12.1 Å². The van der Waals surface area contributed by atoms with E-state index in [4.69, 9.17) is 9.47 Å². The number of hydrogen-bond donors (Lipinski definition) is 2. The highest BCUT2D eigenvalue weighted by Gasteiger charge is 2.19. The Labute approximate surface area is 123 Å². The minimum atomic E-state index is -0.465. The molecule has 1 atom stereocenters. The monoisotopic (exact) mass is 292 g/mol. The smallest absolute Gasteiger partial charge is 0.339 e. The van der Waals surface area contributed by atoms with Gasteiger partial charge in [-0.2, -0.15) is 0 Å². The Hall–Kier alpha value is -1.92. The second-order valence-corrected chi connectivity index (χ2v) is 5.02. The first-order chi connectivity index (χ1) is 10.1. The van der Waals surface area contributed by atoms with Crippen LogP contribution in [0.1, 0.15) is 22.3 Å². The maximum Gasteiger partial charge on any atom is 0.339 e. The number of carbonyl (C=O) groups is 2. The number of nitrogens with one attached hydrogen (secondary N) is 2. The van der Waals surface area contributed by atoms with Crippen LogP contribution in [0.2, 0.25) is 0 Å². The summed E-state index contributed by atoms with van der Waals surface area (Å²) in [6.07, 6.45) is 0.300. The number of anilines is 1.